The fourth-order valence-corrected chi connectivity index (χ4v) is 10.4. The number of fused-ring (bicyclic) bond motifs is 2. The average molecular weight is 494 g/mol. The quantitative estimate of drug-likeness (QED) is 0.333. The standard InChI is InChI=1S/C26H47N5O2S/c27-21-10-12-22(13-11-21)30-34(32,33)25-15-18-8-9-19(26(28)29)14-24(18)31(25)16-20-6-3-5-17-4-1-2-7-23(17)20/h17-25,30H,1-16,27H2,(H3,28,29). The first-order chi connectivity index (χ1) is 16.3. The van der Waals surface area contributed by atoms with Crippen LogP contribution in [0.2, 0.25) is 0 Å². The van der Waals surface area contributed by atoms with Gasteiger partial charge in [0.05, 0.1) is 5.84 Å². The van der Waals surface area contributed by atoms with E-state index in [1.54, 1.807) is 0 Å². The number of nitrogens with one attached hydrogen (secondary N) is 2. The maximum Gasteiger partial charge on any atom is 0.228 e. The molecule has 0 amide bonds. The highest BCUT2D eigenvalue weighted by Gasteiger charge is 2.51. The van der Waals surface area contributed by atoms with E-state index in [0.29, 0.717) is 11.8 Å². The largest absolute Gasteiger partial charge is 0.387 e. The van der Waals surface area contributed by atoms with Crippen molar-refractivity contribution in [1.29, 1.82) is 5.41 Å². The molecule has 0 aromatic heterocycles. The van der Waals surface area contributed by atoms with Crippen molar-refractivity contribution in [3.63, 3.8) is 0 Å². The molecule has 1 saturated heterocycles. The highest BCUT2D eigenvalue weighted by Crippen LogP contribution is 2.48. The van der Waals surface area contributed by atoms with E-state index >= 15 is 0 Å². The molecule has 0 aromatic carbocycles. The molecule has 34 heavy (non-hydrogen) atoms. The summed E-state index contributed by atoms with van der Waals surface area (Å²) in [6.07, 6.45) is 16.3. The van der Waals surface area contributed by atoms with Crippen molar-refractivity contribution in [1.82, 2.24) is 9.62 Å². The minimum atomic E-state index is -3.45. The molecular formula is C26H47N5O2S. The molecule has 4 aliphatic carbocycles. The summed E-state index contributed by atoms with van der Waals surface area (Å²) in [6, 6.07) is 0.481. The zero-order valence-electron chi connectivity index (χ0n) is 20.8. The number of likely N-dealkylation sites (tertiary alicyclic amines) is 1. The predicted molar refractivity (Wildman–Crippen MR) is 137 cm³/mol. The average Bonchev–Trinajstić information content (AvgIpc) is 3.19. The minimum Gasteiger partial charge on any atom is -0.387 e. The summed E-state index contributed by atoms with van der Waals surface area (Å²) < 4.78 is 30.8. The van der Waals surface area contributed by atoms with E-state index in [4.69, 9.17) is 16.9 Å². The van der Waals surface area contributed by atoms with Crippen LogP contribution >= 0.6 is 0 Å². The lowest BCUT2D eigenvalue weighted by Crippen LogP contribution is -2.52. The first-order valence-electron chi connectivity index (χ1n) is 14.2. The van der Waals surface area contributed by atoms with E-state index in [9.17, 15) is 8.42 Å². The Morgan fingerprint density at radius 1 is 0.882 bits per heavy atom. The molecule has 0 spiro atoms. The number of sulfonamides is 1. The molecule has 1 aliphatic heterocycles. The maximum absolute atomic E-state index is 13.8. The van der Waals surface area contributed by atoms with E-state index in [1.165, 1.54) is 44.9 Å². The Balaban J connectivity index is 1.36. The van der Waals surface area contributed by atoms with Crippen molar-refractivity contribution in [2.24, 2.45) is 41.1 Å². The lowest BCUT2D eigenvalue weighted by atomic mass is 9.65. The molecule has 7 unspecified atom stereocenters. The number of rotatable bonds is 6. The van der Waals surface area contributed by atoms with Crippen LogP contribution < -0.4 is 16.2 Å². The van der Waals surface area contributed by atoms with Crippen LogP contribution in [0.4, 0.5) is 0 Å². The van der Waals surface area contributed by atoms with Gasteiger partial charge in [-0.1, -0.05) is 32.1 Å². The molecule has 5 aliphatic rings. The van der Waals surface area contributed by atoms with Gasteiger partial charge in [0.2, 0.25) is 10.0 Å². The molecule has 0 bridgehead atoms. The van der Waals surface area contributed by atoms with Crippen molar-refractivity contribution in [2.75, 3.05) is 6.54 Å². The van der Waals surface area contributed by atoms with Gasteiger partial charge >= 0.3 is 0 Å². The van der Waals surface area contributed by atoms with Gasteiger partial charge in [0, 0.05) is 30.6 Å². The predicted octanol–water partition coefficient (Wildman–Crippen LogP) is 3.53. The van der Waals surface area contributed by atoms with Crippen LogP contribution in [-0.2, 0) is 10.0 Å². The molecule has 7 atom stereocenters. The SMILES string of the molecule is N=C(N)C1CCC2CC(S(=O)(=O)NC3CCC(N)CC3)N(CC3CCCC4CCCCC43)C2C1. The Bertz CT molecular complexity index is 825. The van der Waals surface area contributed by atoms with Gasteiger partial charge < -0.3 is 11.5 Å². The van der Waals surface area contributed by atoms with Crippen molar-refractivity contribution in [2.45, 2.75) is 120 Å². The van der Waals surface area contributed by atoms with E-state index in [-0.39, 0.29) is 29.9 Å². The summed E-state index contributed by atoms with van der Waals surface area (Å²) in [7, 11) is -3.45. The van der Waals surface area contributed by atoms with Crippen molar-refractivity contribution < 1.29 is 8.42 Å². The third-order valence-electron chi connectivity index (χ3n) is 10.3. The molecule has 8 heteroatoms. The normalized spacial score (nSPS) is 43.7. The van der Waals surface area contributed by atoms with Gasteiger partial charge in [-0.25, -0.2) is 13.1 Å². The van der Waals surface area contributed by atoms with E-state index < -0.39 is 15.4 Å². The molecule has 194 valence electrons. The number of hydrogen-bond donors (Lipinski definition) is 4. The summed E-state index contributed by atoms with van der Waals surface area (Å²) in [5, 5.41) is 7.62. The molecule has 7 nitrogen and oxygen atoms in total. The zero-order chi connectivity index (χ0) is 23.9. The topological polar surface area (TPSA) is 125 Å². The van der Waals surface area contributed by atoms with Crippen LogP contribution in [0.5, 0.6) is 0 Å². The summed E-state index contributed by atoms with van der Waals surface area (Å²) in [6.45, 7) is 0.911. The van der Waals surface area contributed by atoms with Crippen LogP contribution in [-0.4, -0.2) is 49.2 Å². The summed E-state index contributed by atoms with van der Waals surface area (Å²) >= 11 is 0. The smallest absolute Gasteiger partial charge is 0.228 e. The number of nitrogens with two attached hydrogens (primary N) is 2. The van der Waals surface area contributed by atoms with E-state index in [1.807, 2.05) is 0 Å². The second-order valence-electron chi connectivity index (χ2n) is 12.4. The van der Waals surface area contributed by atoms with Gasteiger partial charge in [-0.2, -0.15) is 0 Å². The lowest BCUT2D eigenvalue weighted by molar-refractivity contribution is 0.0537. The fourth-order valence-electron chi connectivity index (χ4n) is 8.46. The van der Waals surface area contributed by atoms with Gasteiger partial charge in [-0.05, 0) is 87.9 Å². The monoisotopic (exact) mass is 493 g/mol. The number of amidine groups is 1. The van der Waals surface area contributed by atoms with Crippen LogP contribution in [0.25, 0.3) is 0 Å². The number of nitrogens with zero attached hydrogens (tertiary/aromatic N) is 1. The Labute approximate surface area is 206 Å². The minimum absolute atomic E-state index is 0.0247. The molecule has 4 saturated carbocycles. The first-order valence-corrected chi connectivity index (χ1v) is 15.7. The summed E-state index contributed by atoms with van der Waals surface area (Å²) in [5.41, 5.74) is 12.0. The highest BCUT2D eigenvalue weighted by atomic mass is 32.2. The second-order valence-corrected chi connectivity index (χ2v) is 14.2. The van der Waals surface area contributed by atoms with Crippen LogP contribution in [0.15, 0.2) is 0 Å². The summed E-state index contributed by atoms with van der Waals surface area (Å²) in [5.74, 6) is 3.02. The zero-order valence-corrected chi connectivity index (χ0v) is 21.7. The van der Waals surface area contributed by atoms with Crippen molar-refractivity contribution >= 4 is 15.9 Å². The third kappa shape index (κ3) is 5.21. The molecule has 5 rings (SSSR count). The molecule has 0 aromatic rings. The van der Waals surface area contributed by atoms with E-state index in [2.05, 4.69) is 9.62 Å². The maximum atomic E-state index is 13.8. The number of hydrogen-bond acceptors (Lipinski definition) is 5. The van der Waals surface area contributed by atoms with Crippen molar-refractivity contribution in [3.8, 4) is 0 Å². The van der Waals surface area contributed by atoms with Gasteiger partial charge in [-0.15, -0.1) is 0 Å². The molecular weight excluding hydrogens is 446 g/mol. The Hall–Kier alpha value is -0.700. The molecule has 5 fully saturated rings. The van der Waals surface area contributed by atoms with Gasteiger partial charge in [-0.3, -0.25) is 10.3 Å². The first kappa shape index (κ1) is 25.0. The van der Waals surface area contributed by atoms with Crippen LogP contribution in [0.1, 0.15) is 96.3 Å². The highest BCUT2D eigenvalue weighted by molar-refractivity contribution is 7.90. The Kier molecular flexibility index (Phi) is 7.60. The lowest BCUT2D eigenvalue weighted by Gasteiger charge is -2.45. The molecule has 0 radical (unpaired) electrons. The molecule has 1 heterocycles. The van der Waals surface area contributed by atoms with Gasteiger partial charge in [0.15, 0.2) is 0 Å². The van der Waals surface area contributed by atoms with Crippen molar-refractivity contribution in [3.05, 3.63) is 0 Å². The fraction of sp³-hybridized carbons (Fsp3) is 0.962. The second kappa shape index (κ2) is 10.3. The van der Waals surface area contributed by atoms with Gasteiger partial charge in [0.25, 0.3) is 0 Å². The molecule has 6 N–H and O–H groups in total. The Morgan fingerprint density at radius 2 is 1.62 bits per heavy atom. The van der Waals surface area contributed by atoms with Crippen LogP contribution in [0, 0.1) is 35.0 Å². The summed E-state index contributed by atoms with van der Waals surface area (Å²) in [4.78, 5) is 2.40. The van der Waals surface area contributed by atoms with Crippen LogP contribution in [0.3, 0.4) is 0 Å². The third-order valence-corrected chi connectivity index (χ3v) is 12.2. The van der Waals surface area contributed by atoms with Gasteiger partial charge in [0.1, 0.15) is 5.37 Å². The van der Waals surface area contributed by atoms with E-state index in [0.717, 1.165) is 69.7 Å². The Morgan fingerprint density at radius 3 is 2.38 bits per heavy atom.